The van der Waals surface area contributed by atoms with Crippen LogP contribution in [0.15, 0.2) is 84.9 Å². The smallest absolute Gasteiger partial charge is 0.253 e. The fourth-order valence-corrected chi connectivity index (χ4v) is 5.51. The average Bonchev–Trinajstić information content (AvgIpc) is 2.80. The Morgan fingerprint density at radius 3 is 1.72 bits per heavy atom. The number of benzene rings is 3. The molecule has 3 aromatic carbocycles. The minimum absolute atomic E-state index is 0.00283. The third kappa shape index (κ3) is 6.05. The number of sulfone groups is 1. The van der Waals surface area contributed by atoms with Gasteiger partial charge in [-0.15, -0.1) is 0 Å². The molecule has 0 aliphatic carbocycles. The highest BCUT2D eigenvalue weighted by Crippen LogP contribution is 2.16. The van der Waals surface area contributed by atoms with Crippen molar-refractivity contribution in [1.82, 2.24) is 9.80 Å². The van der Waals surface area contributed by atoms with Gasteiger partial charge in [-0.3, -0.25) is 9.69 Å². The van der Waals surface area contributed by atoms with E-state index in [0.717, 1.165) is 25.2 Å². The zero-order valence-electron chi connectivity index (χ0n) is 18.1. The predicted molar refractivity (Wildman–Crippen MR) is 127 cm³/mol. The van der Waals surface area contributed by atoms with Gasteiger partial charge in [0, 0.05) is 38.3 Å². The van der Waals surface area contributed by atoms with Gasteiger partial charge in [-0.05, 0) is 28.8 Å². The Morgan fingerprint density at radius 2 is 1.16 bits per heavy atom. The van der Waals surface area contributed by atoms with E-state index in [-0.39, 0.29) is 17.4 Å². The first-order valence-corrected chi connectivity index (χ1v) is 12.7. The maximum Gasteiger partial charge on any atom is 0.253 e. The highest BCUT2D eigenvalue weighted by molar-refractivity contribution is 7.89. The zero-order valence-corrected chi connectivity index (χ0v) is 18.9. The van der Waals surface area contributed by atoms with E-state index in [2.05, 4.69) is 17.0 Å². The number of carbonyl (C=O) groups excluding carboxylic acids is 1. The Kier molecular flexibility index (Phi) is 7.02. The Morgan fingerprint density at radius 1 is 0.656 bits per heavy atom. The quantitative estimate of drug-likeness (QED) is 0.552. The number of amides is 1. The summed E-state index contributed by atoms with van der Waals surface area (Å²) in [6.45, 7) is 3.97. The van der Waals surface area contributed by atoms with E-state index >= 15 is 0 Å². The SMILES string of the molecule is O=C(c1ccc(CS(=O)(=O)Cc2ccccc2)cc1)N1CCN(Cc2ccccc2)CC1. The summed E-state index contributed by atoms with van der Waals surface area (Å²) in [7, 11) is -3.27. The van der Waals surface area contributed by atoms with Crippen LogP contribution in [0.5, 0.6) is 0 Å². The molecule has 3 aromatic rings. The predicted octanol–water partition coefficient (Wildman–Crippen LogP) is 3.76. The van der Waals surface area contributed by atoms with E-state index in [1.54, 1.807) is 24.3 Å². The number of carbonyl (C=O) groups is 1. The third-order valence-corrected chi connectivity index (χ3v) is 7.27. The molecule has 0 radical (unpaired) electrons. The first kappa shape index (κ1) is 22.2. The summed E-state index contributed by atoms with van der Waals surface area (Å²) in [5, 5.41) is 0. The molecule has 0 N–H and O–H groups in total. The van der Waals surface area contributed by atoms with Gasteiger partial charge in [-0.1, -0.05) is 72.8 Å². The number of nitrogens with zero attached hydrogens (tertiary/aromatic N) is 2. The lowest BCUT2D eigenvalue weighted by molar-refractivity contribution is 0.0628. The molecule has 0 saturated carbocycles. The zero-order chi connectivity index (χ0) is 22.4. The van der Waals surface area contributed by atoms with Crippen molar-refractivity contribution in [2.75, 3.05) is 26.2 Å². The molecular formula is C26H28N2O3S. The van der Waals surface area contributed by atoms with Gasteiger partial charge < -0.3 is 4.90 Å². The van der Waals surface area contributed by atoms with Crippen molar-refractivity contribution in [2.24, 2.45) is 0 Å². The van der Waals surface area contributed by atoms with Gasteiger partial charge in [-0.2, -0.15) is 0 Å². The lowest BCUT2D eigenvalue weighted by Crippen LogP contribution is -2.48. The maximum absolute atomic E-state index is 12.9. The third-order valence-electron chi connectivity index (χ3n) is 5.73. The van der Waals surface area contributed by atoms with Gasteiger partial charge in [-0.25, -0.2) is 8.42 Å². The molecule has 0 bridgehead atoms. The van der Waals surface area contributed by atoms with Gasteiger partial charge in [0.25, 0.3) is 5.91 Å². The number of piperazine rings is 1. The molecule has 0 aromatic heterocycles. The average molecular weight is 449 g/mol. The van der Waals surface area contributed by atoms with Crippen LogP contribution in [0.3, 0.4) is 0 Å². The number of rotatable bonds is 7. The fraction of sp³-hybridized carbons (Fsp3) is 0.269. The molecule has 1 aliphatic heterocycles. The minimum atomic E-state index is -3.27. The molecular weight excluding hydrogens is 420 g/mol. The Bertz CT molecular complexity index is 1120. The van der Waals surface area contributed by atoms with Crippen LogP contribution >= 0.6 is 0 Å². The molecule has 1 saturated heterocycles. The lowest BCUT2D eigenvalue weighted by atomic mass is 10.1. The molecule has 1 heterocycles. The van der Waals surface area contributed by atoms with Gasteiger partial charge in [0.15, 0.2) is 9.84 Å². The summed E-state index contributed by atoms with van der Waals surface area (Å²) in [6.07, 6.45) is 0. The van der Waals surface area contributed by atoms with Gasteiger partial charge >= 0.3 is 0 Å². The maximum atomic E-state index is 12.9. The molecule has 0 atom stereocenters. The Hall–Kier alpha value is -2.96. The topological polar surface area (TPSA) is 57.7 Å². The van der Waals surface area contributed by atoms with E-state index in [1.165, 1.54) is 5.56 Å². The molecule has 5 nitrogen and oxygen atoms in total. The lowest BCUT2D eigenvalue weighted by Gasteiger charge is -2.34. The van der Waals surface area contributed by atoms with Crippen molar-refractivity contribution in [3.63, 3.8) is 0 Å². The van der Waals surface area contributed by atoms with Crippen molar-refractivity contribution in [2.45, 2.75) is 18.1 Å². The molecule has 0 spiro atoms. The minimum Gasteiger partial charge on any atom is -0.336 e. The molecule has 1 fully saturated rings. The van der Waals surface area contributed by atoms with E-state index in [9.17, 15) is 13.2 Å². The highest BCUT2D eigenvalue weighted by atomic mass is 32.2. The normalized spacial score (nSPS) is 14.9. The second-order valence-corrected chi connectivity index (χ2v) is 10.3. The largest absolute Gasteiger partial charge is 0.336 e. The molecule has 1 amide bonds. The van der Waals surface area contributed by atoms with E-state index in [1.807, 2.05) is 53.4 Å². The number of hydrogen-bond donors (Lipinski definition) is 0. The summed E-state index contributed by atoms with van der Waals surface area (Å²) in [6, 6.07) is 26.5. The van der Waals surface area contributed by atoms with Crippen molar-refractivity contribution in [3.8, 4) is 0 Å². The molecule has 4 rings (SSSR count). The second-order valence-electron chi connectivity index (χ2n) is 8.27. The summed E-state index contributed by atoms with van der Waals surface area (Å²) in [4.78, 5) is 17.1. The number of hydrogen-bond acceptors (Lipinski definition) is 4. The highest BCUT2D eigenvalue weighted by Gasteiger charge is 2.22. The van der Waals surface area contributed by atoms with Crippen molar-refractivity contribution < 1.29 is 13.2 Å². The first-order valence-electron chi connectivity index (χ1n) is 10.9. The van der Waals surface area contributed by atoms with Gasteiger partial charge in [0.1, 0.15) is 0 Å². The Balaban J connectivity index is 1.30. The first-order chi connectivity index (χ1) is 15.5. The molecule has 1 aliphatic rings. The van der Waals surface area contributed by atoms with Gasteiger partial charge in [0.05, 0.1) is 11.5 Å². The van der Waals surface area contributed by atoms with Crippen LogP contribution in [-0.4, -0.2) is 50.3 Å². The molecule has 0 unspecified atom stereocenters. The van der Waals surface area contributed by atoms with Crippen LogP contribution in [0.4, 0.5) is 0 Å². The van der Waals surface area contributed by atoms with E-state index in [0.29, 0.717) is 24.2 Å². The standard InChI is InChI=1S/C26H28N2O3S/c29-26(28-17-15-27(16-18-28)19-22-7-3-1-4-8-22)25-13-11-24(12-14-25)21-32(30,31)20-23-9-5-2-6-10-23/h1-14H,15-21H2. The van der Waals surface area contributed by atoms with Crippen LogP contribution < -0.4 is 0 Å². The van der Waals surface area contributed by atoms with Crippen LogP contribution in [0, 0.1) is 0 Å². The monoisotopic (exact) mass is 448 g/mol. The summed E-state index contributed by atoms with van der Waals surface area (Å²) in [5.74, 6) is -0.0147. The second kappa shape index (κ2) is 10.1. The van der Waals surface area contributed by atoms with Gasteiger partial charge in [0.2, 0.25) is 0 Å². The molecule has 166 valence electrons. The molecule has 32 heavy (non-hydrogen) atoms. The van der Waals surface area contributed by atoms with Crippen molar-refractivity contribution in [1.29, 1.82) is 0 Å². The summed E-state index contributed by atoms with van der Waals surface area (Å²) >= 11 is 0. The summed E-state index contributed by atoms with van der Waals surface area (Å²) in [5.41, 5.74) is 3.37. The van der Waals surface area contributed by atoms with Crippen molar-refractivity contribution >= 4 is 15.7 Å². The summed E-state index contributed by atoms with van der Waals surface area (Å²) < 4.78 is 25.0. The van der Waals surface area contributed by atoms with E-state index < -0.39 is 9.84 Å². The van der Waals surface area contributed by atoms with Crippen LogP contribution in [0.1, 0.15) is 27.0 Å². The van der Waals surface area contributed by atoms with E-state index in [4.69, 9.17) is 0 Å². The van der Waals surface area contributed by atoms with Crippen LogP contribution in [0.25, 0.3) is 0 Å². The van der Waals surface area contributed by atoms with Crippen LogP contribution in [0.2, 0.25) is 0 Å². The van der Waals surface area contributed by atoms with Crippen LogP contribution in [-0.2, 0) is 27.9 Å². The van der Waals surface area contributed by atoms with Crippen molar-refractivity contribution in [3.05, 3.63) is 107 Å². The molecule has 6 heteroatoms. The Labute approximate surface area is 190 Å². The fourth-order valence-electron chi connectivity index (χ4n) is 4.01.